The van der Waals surface area contributed by atoms with Crippen molar-refractivity contribution in [3.63, 3.8) is 0 Å². The van der Waals surface area contributed by atoms with E-state index in [1.54, 1.807) is 7.05 Å². The highest BCUT2D eigenvalue weighted by molar-refractivity contribution is 5.77. The fourth-order valence-electron chi connectivity index (χ4n) is 1.98. The third-order valence-corrected chi connectivity index (χ3v) is 2.92. The summed E-state index contributed by atoms with van der Waals surface area (Å²) in [5.41, 5.74) is 7.54. The summed E-state index contributed by atoms with van der Waals surface area (Å²) in [4.78, 5) is 13.7. The Labute approximate surface area is 121 Å². The van der Waals surface area contributed by atoms with E-state index >= 15 is 0 Å². The average Bonchev–Trinajstić information content (AvgIpc) is 2.46. The van der Waals surface area contributed by atoms with Crippen molar-refractivity contribution >= 4 is 5.91 Å². The van der Waals surface area contributed by atoms with E-state index in [-0.39, 0.29) is 5.91 Å². The number of rotatable bonds is 6. The predicted molar refractivity (Wildman–Crippen MR) is 82.0 cm³/mol. The van der Waals surface area contributed by atoms with E-state index in [0.717, 1.165) is 30.6 Å². The van der Waals surface area contributed by atoms with Crippen LogP contribution in [0.5, 0.6) is 0 Å². The molecule has 0 unspecified atom stereocenters. The van der Waals surface area contributed by atoms with Gasteiger partial charge >= 0.3 is 0 Å². The van der Waals surface area contributed by atoms with Gasteiger partial charge in [-0.1, -0.05) is 37.0 Å². The minimum atomic E-state index is 0.0315. The van der Waals surface area contributed by atoms with Crippen LogP contribution >= 0.6 is 0 Å². The van der Waals surface area contributed by atoms with Crippen LogP contribution in [-0.4, -0.2) is 37.5 Å². The van der Waals surface area contributed by atoms with Crippen molar-refractivity contribution < 1.29 is 4.79 Å². The van der Waals surface area contributed by atoms with E-state index in [2.05, 4.69) is 29.0 Å². The first-order valence-corrected chi connectivity index (χ1v) is 6.91. The summed E-state index contributed by atoms with van der Waals surface area (Å²) in [6.45, 7) is 4.47. The number of likely N-dealkylation sites (N-methyl/N-ethyl adjacent to an activating group) is 1. The van der Waals surface area contributed by atoms with Crippen LogP contribution in [0.2, 0.25) is 0 Å². The molecule has 108 valence electrons. The van der Waals surface area contributed by atoms with Gasteiger partial charge in [-0.3, -0.25) is 9.69 Å². The first kappa shape index (κ1) is 16.2. The third kappa shape index (κ3) is 5.43. The summed E-state index contributed by atoms with van der Waals surface area (Å²) < 4.78 is 0. The Morgan fingerprint density at radius 3 is 2.80 bits per heavy atom. The average molecular weight is 273 g/mol. The second kappa shape index (κ2) is 9.13. The molecule has 1 aromatic rings. The van der Waals surface area contributed by atoms with Gasteiger partial charge in [0.1, 0.15) is 0 Å². The lowest BCUT2D eigenvalue weighted by atomic mass is 10.1. The van der Waals surface area contributed by atoms with E-state index in [0.29, 0.717) is 13.1 Å². The molecule has 1 aromatic carbocycles. The first-order chi connectivity index (χ1) is 9.71. The number of nitrogens with zero attached hydrogens (tertiary/aromatic N) is 1. The monoisotopic (exact) mass is 273 g/mol. The Bertz CT molecular complexity index is 488. The minimum absolute atomic E-state index is 0.0315. The van der Waals surface area contributed by atoms with Crippen LogP contribution in [-0.2, 0) is 11.3 Å². The molecule has 0 heterocycles. The standard InChI is InChI=1S/C16H23N3O/c1-3-11-19(13-16(20)18-2)12-15-8-5-4-7-14(15)9-6-10-17/h4-5,7-8H,3,10-13,17H2,1-2H3,(H,18,20). The molecule has 0 aliphatic rings. The Kier molecular flexibility index (Phi) is 7.41. The number of nitrogens with two attached hydrogens (primary N) is 1. The Hall–Kier alpha value is -1.83. The lowest BCUT2D eigenvalue weighted by Gasteiger charge is -2.21. The van der Waals surface area contributed by atoms with Crippen LogP contribution in [0.3, 0.4) is 0 Å². The number of nitrogens with one attached hydrogen (secondary N) is 1. The molecule has 4 heteroatoms. The minimum Gasteiger partial charge on any atom is -0.358 e. The second-order valence-corrected chi connectivity index (χ2v) is 4.55. The summed E-state index contributed by atoms with van der Waals surface area (Å²) in [7, 11) is 1.66. The highest BCUT2D eigenvalue weighted by Crippen LogP contribution is 2.11. The van der Waals surface area contributed by atoms with Crippen LogP contribution in [0.15, 0.2) is 24.3 Å². The van der Waals surface area contributed by atoms with Crippen LogP contribution in [0, 0.1) is 11.8 Å². The fraction of sp³-hybridized carbons (Fsp3) is 0.438. The van der Waals surface area contributed by atoms with Gasteiger partial charge in [0.25, 0.3) is 0 Å². The molecule has 0 saturated heterocycles. The Balaban J connectivity index is 2.84. The largest absolute Gasteiger partial charge is 0.358 e. The van der Waals surface area contributed by atoms with E-state index < -0.39 is 0 Å². The number of carbonyl (C=O) groups is 1. The van der Waals surface area contributed by atoms with Gasteiger partial charge in [0.2, 0.25) is 5.91 Å². The number of benzene rings is 1. The van der Waals surface area contributed by atoms with Crippen molar-refractivity contribution in [2.24, 2.45) is 5.73 Å². The van der Waals surface area contributed by atoms with Gasteiger partial charge < -0.3 is 11.1 Å². The van der Waals surface area contributed by atoms with Gasteiger partial charge in [0, 0.05) is 19.2 Å². The maximum atomic E-state index is 11.5. The zero-order chi connectivity index (χ0) is 14.8. The van der Waals surface area contributed by atoms with E-state index in [1.807, 2.05) is 24.3 Å². The lowest BCUT2D eigenvalue weighted by Crippen LogP contribution is -2.35. The smallest absolute Gasteiger partial charge is 0.233 e. The molecule has 0 aliphatic carbocycles. The van der Waals surface area contributed by atoms with Crippen LogP contribution in [0.25, 0.3) is 0 Å². The maximum Gasteiger partial charge on any atom is 0.233 e. The number of amides is 1. The van der Waals surface area contributed by atoms with Crippen molar-refractivity contribution in [1.29, 1.82) is 0 Å². The van der Waals surface area contributed by atoms with Gasteiger partial charge in [-0.25, -0.2) is 0 Å². The van der Waals surface area contributed by atoms with Crippen molar-refractivity contribution in [2.45, 2.75) is 19.9 Å². The molecular formula is C16H23N3O. The molecule has 0 aliphatic heterocycles. The zero-order valence-corrected chi connectivity index (χ0v) is 12.3. The van der Waals surface area contributed by atoms with Crippen molar-refractivity contribution in [1.82, 2.24) is 10.2 Å². The molecule has 0 radical (unpaired) electrons. The zero-order valence-electron chi connectivity index (χ0n) is 12.3. The lowest BCUT2D eigenvalue weighted by molar-refractivity contribution is -0.121. The van der Waals surface area contributed by atoms with Gasteiger partial charge in [-0.2, -0.15) is 0 Å². The molecule has 4 nitrogen and oxygen atoms in total. The first-order valence-electron chi connectivity index (χ1n) is 6.91. The summed E-state index contributed by atoms with van der Waals surface area (Å²) in [5, 5.41) is 2.66. The quantitative estimate of drug-likeness (QED) is 0.759. The Morgan fingerprint density at radius 1 is 1.40 bits per heavy atom. The molecule has 3 N–H and O–H groups in total. The summed E-state index contributed by atoms with van der Waals surface area (Å²) in [6, 6.07) is 8.00. The van der Waals surface area contributed by atoms with Crippen LogP contribution < -0.4 is 11.1 Å². The third-order valence-electron chi connectivity index (χ3n) is 2.92. The van der Waals surface area contributed by atoms with Gasteiger partial charge in [0.15, 0.2) is 0 Å². The molecular weight excluding hydrogens is 250 g/mol. The Morgan fingerprint density at radius 2 is 2.15 bits per heavy atom. The second-order valence-electron chi connectivity index (χ2n) is 4.55. The van der Waals surface area contributed by atoms with E-state index in [1.165, 1.54) is 0 Å². The molecule has 0 saturated carbocycles. The molecule has 0 bridgehead atoms. The molecule has 1 rings (SSSR count). The highest BCUT2D eigenvalue weighted by Gasteiger charge is 2.11. The summed E-state index contributed by atoms with van der Waals surface area (Å²) in [5.74, 6) is 6.00. The summed E-state index contributed by atoms with van der Waals surface area (Å²) in [6.07, 6.45) is 1.01. The van der Waals surface area contributed by atoms with Gasteiger partial charge in [0.05, 0.1) is 13.1 Å². The number of hydrogen-bond acceptors (Lipinski definition) is 3. The summed E-state index contributed by atoms with van der Waals surface area (Å²) >= 11 is 0. The topological polar surface area (TPSA) is 58.4 Å². The van der Waals surface area contributed by atoms with Crippen molar-refractivity contribution in [3.05, 3.63) is 35.4 Å². The molecule has 0 spiro atoms. The highest BCUT2D eigenvalue weighted by atomic mass is 16.1. The maximum absolute atomic E-state index is 11.5. The van der Waals surface area contributed by atoms with Crippen molar-refractivity contribution in [2.75, 3.05) is 26.7 Å². The number of hydrogen-bond donors (Lipinski definition) is 2. The van der Waals surface area contributed by atoms with Gasteiger partial charge in [-0.05, 0) is 24.6 Å². The van der Waals surface area contributed by atoms with E-state index in [9.17, 15) is 4.79 Å². The van der Waals surface area contributed by atoms with Crippen LogP contribution in [0.1, 0.15) is 24.5 Å². The predicted octanol–water partition coefficient (Wildman–Crippen LogP) is 0.955. The van der Waals surface area contributed by atoms with Crippen LogP contribution in [0.4, 0.5) is 0 Å². The van der Waals surface area contributed by atoms with Gasteiger partial charge in [-0.15, -0.1) is 0 Å². The molecule has 0 fully saturated rings. The molecule has 0 aromatic heterocycles. The normalized spacial score (nSPS) is 10.0. The molecule has 1 amide bonds. The van der Waals surface area contributed by atoms with Crippen molar-refractivity contribution in [3.8, 4) is 11.8 Å². The molecule has 20 heavy (non-hydrogen) atoms. The molecule has 0 atom stereocenters. The van der Waals surface area contributed by atoms with E-state index in [4.69, 9.17) is 5.73 Å². The SMILES string of the molecule is CCCN(CC(=O)NC)Cc1ccccc1C#CCN. The fourth-order valence-corrected chi connectivity index (χ4v) is 1.98. The number of carbonyl (C=O) groups excluding carboxylic acids is 1.